The fourth-order valence-electron chi connectivity index (χ4n) is 1.54. The van der Waals surface area contributed by atoms with Crippen LogP contribution < -0.4 is 16.8 Å². The van der Waals surface area contributed by atoms with Crippen LogP contribution >= 0.6 is 0 Å². The molecule has 0 unspecified atom stereocenters. The van der Waals surface area contributed by atoms with E-state index in [2.05, 4.69) is 10.4 Å². The summed E-state index contributed by atoms with van der Waals surface area (Å²) in [6.07, 6.45) is 0. The number of amides is 1. The van der Waals surface area contributed by atoms with Crippen LogP contribution in [0.1, 0.15) is 16.1 Å². The summed E-state index contributed by atoms with van der Waals surface area (Å²) in [5, 5.41) is 7.15. The van der Waals surface area contributed by atoms with Crippen LogP contribution in [-0.2, 0) is 13.1 Å². The maximum absolute atomic E-state index is 11.0. The topological polar surface area (TPSA) is 99.0 Å². The summed E-state index contributed by atoms with van der Waals surface area (Å²) in [6.45, 7) is 2.17. The first kappa shape index (κ1) is 8.06. The zero-order valence-corrected chi connectivity index (χ0v) is 7.08. The summed E-state index contributed by atoms with van der Waals surface area (Å²) in [6, 6.07) is 0. The Labute approximate surface area is 74.9 Å². The number of nitrogens with zero attached hydrogens (tertiary/aromatic N) is 2. The summed E-state index contributed by atoms with van der Waals surface area (Å²) in [5.74, 6) is -0.284. The summed E-state index contributed by atoms with van der Waals surface area (Å²) in [5.41, 5.74) is 11.9. The highest BCUT2D eigenvalue weighted by Crippen LogP contribution is 2.17. The average molecular weight is 181 g/mol. The minimum Gasteiger partial charge on any atom is -0.382 e. The third-order valence-electron chi connectivity index (χ3n) is 2.12. The van der Waals surface area contributed by atoms with Crippen molar-refractivity contribution in [2.45, 2.75) is 13.1 Å². The Kier molecular flexibility index (Phi) is 1.70. The van der Waals surface area contributed by atoms with Crippen LogP contribution in [0.3, 0.4) is 0 Å². The lowest BCUT2D eigenvalue weighted by Crippen LogP contribution is -2.30. The van der Waals surface area contributed by atoms with E-state index in [0.717, 1.165) is 18.8 Å². The highest BCUT2D eigenvalue weighted by Gasteiger charge is 2.21. The molecule has 0 saturated carbocycles. The highest BCUT2D eigenvalue weighted by molar-refractivity contribution is 5.98. The number of nitrogen functional groups attached to an aromatic ring is 1. The molecular formula is C7H11N5O. The molecule has 1 aromatic rings. The van der Waals surface area contributed by atoms with Crippen molar-refractivity contribution < 1.29 is 4.79 Å². The van der Waals surface area contributed by atoms with Crippen molar-refractivity contribution in [2.75, 3.05) is 12.3 Å². The largest absolute Gasteiger partial charge is 0.382 e. The van der Waals surface area contributed by atoms with E-state index in [1.165, 1.54) is 0 Å². The van der Waals surface area contributed by atoms with Crippen molar-refractivity contribution in [3.63, 3.8) is 0 Å². The molecule has 1 aromatic heterocycles. The van der Waals surface area contributed by atoms with Gasteiger partial charge in [-0.3, -0.25) is 9.48 Å². The first-order chi connectivity index (χ1) is 6.20. The van der Waals surface area contributed by atoms with E-state index in [-0.39, 0.29) is 5.82 Å². The van der Waals surface area contributed by atoms with Crippen LogP contribution in [0.4, 0.5) is 5.82 Å². The molecule has 2 heterocycles. The highest BCUT2D eigenvalue weighted by atomic mass is 16.1. The minimum absolute atomic E-state index is 0.228. The van der Waals surface area contributed by atoms with Gasteiger partial charge in [-0.25, -0.2) is 0 Å². The Morgan fingerprint density at radius 2 is 2.38 bits per heavy atom. The number of hydrogen-bond donors (Lipinski definition) is 3. The van der Waals surface area contributed by atoms with Crippen LogP contribution in [0.5, 0.6) is 0 Å². The third-order valence-corrected chi connectivity index (χ3v) is 2.12. The van der Waals surface area contributed by atoms with Gasteiger partial charge in [-0.05, 0) is 0 Å². The lowest BCUT2D eigenvalue weighted by Gasteiger charge is -2.14. The first-order valence-electron chi connectivity index (χ1n) is 4.06. The Morgan fingerprint density at radius 3 is 3.08 bits per heavy atom. The molecule has 0 fully saturated rings. The van der Waals surface area contributed by atoms with Gasteiger partial charge in [0.2, 0.25) is 0 Å². The van der Waals surface area contributed by atoms with Crippen molar-refractivity contribution in [3.8, 4) is 0 Å². The molecular weight excluding hydrogens is 170 g/mol. The van der Waals surface area contributed by atoms with Gasteiger partial charge in [0, 0.05) is 13.1 Å². The van der Waals surface area contributed by atoms with Crippen LogP contribution in [0.2, 0.25) is 0 Å². The number of primary amides is 1. The Morgan fingerprint density at radius 1 is 1.62 bits per heavy atom. The van der Waals surface area contributed by atoms with Gasteiger partial charge in [0.25, 0.3) is 5.91 Å². The van der Waals surface area contributed by atoms with Crippen molar-refractivity contribution in [2.24, 2.45) is 5.73 Å². The van der Waals surface area contributed by atoms with E-state index in [4.69, 9.17) is 11.5 Å². The minimum atomic E-state index is -0.512. The van der Waals surface area contributed by atoms with E-state index < -0.39 is 5.91 Å². The van der Waals surface area contributed by atoms with Crippen molar-refractivity contribution in [1.29, 1.82) is 0 Å². The lowest BCUT2D eigenvalue weighted by molar-refractivity contribution is 0.0999. The Balaban J connectivity index is 2.54. The second kappa shape index (κ2) is 2.74. The quantitative estimate of drug-likeness (QED) is 0.499. The van der Waals surface area contributed by atoms with E-state index in [9.17, 15) is 4.79 Å². The maximum Gasteiger partial charge on any atom is 0.254 e. The molecule has 13 heavy (non-hydrogen) atoms. The maximum atomic E-state index is 11.0. The summed E-state index contributed by atoms with van der Waals surface area (Å²) < 4.78 is 1.73. The molecule has 0 atom stereocenters. The van der Waals surface area contributed by atoms with Gasteiger partial charge in [-0.15, -0.1) is 0 Å². The third kappa shape index (κ3) is 1.15. The molecule has 5 N–H and O–H groups in total. The van der Waals surface area contributed by atoms with Gasteiger partial charge in [-0.2, -0.15) is 5.10 Å². The lowest BCUT2D eigenvalue weighted by atomic mass is 10.2. The first-order valence-corrected chi connectivity index (χ1v) is 4.06. The summed E-state index contributed by atoms with van der Waals surface area (Å²) in [7, 11) is 0. The zero-order valence-electron chi connectivity index (χ0n) is 7.08. The number of rotatable bonds is 1. The van der Waals surface area contributed by atoms with E-state index in [1.54, 1.807) is 4.68 Å². The number of nitrogens with one attached hydrogen (secondary N) is 1. The van der Waals surface area contributed by atoms with E-state index in [0.29, 0.717) is 12.1 Å². The Hall–Kier alpha value is -1.56. The number of anilines is 1. The number of aromatic nitrogens is 2. The monoisotopic (exact) mass is 181 g/mol. The Bertz CT molecular complexity index is 356. The molecule has 0 aliphatic carbocycles. The number of carbonyl (C=O) groups excluding carboxylic acids is 1. The number of nitrogens with two attached hydrogens (primary N) is 2. The van der Waals surface area contributed by atoms with Gasteiger partial charge >= 0.3 is 0 Å². The second-order valence-corrected chi connectivity index (χ2v) is 2.97. The molecule has 6 nitrogen and oxygen atoms in total. The molecule has 1 amide bonds. The van der Waals surface area contributed by atoms with Crippen molar-refractivity contribution >= 4 is 11.7 Å². The van der Waals surface area contributed by atoms with Crippen LogP contribution in [0.25, 0.3) is 0 Å². The van der Waals surface area contributed by atoms with Gasteiger partial charge in [-0.1, -0.05) is 0 Å². The normalized spacial score (nSPS) is 15.4. The number of fused-ring (bicyclic) bond motifs is 1. The summed E-state index contributed by atoms with van der Waals surface area (Å²) >= 11 is 0. The predicted octanol–water partition coefficient (Wildman–Crippen LogP) is -1.33. The SMILES string of the molecule is NC(=O)c1c(N)nn2c1CNCC2. The standard InChI is InChI=1S/C7H11N5O/c8-6-5(7(9)13)4-3-10-1-2-12(4)11-6/h10H,1-3H2,(H2,8,11)(H2,9,13). The predicted molar refractivity (Wildman–Crippen MR) is 46.9 cm³/mol. The smallest absolute Gasteiger partial charge is 0.254 e. The molecule has 0 bridgehead atoms. The van der Waals surface area contributed by atoms with Gasteiger partial charge < -0.3 is 16.8 Å². The molecule has 0 spiro atoms. The van der Waals surface area contributed by atoms with Crippen LogP contribution in [0, 0.1) is 0 Å². The van der Waals surface area contributed by atoms with Gasteiger partial charge in [0.1, 0.15) is 5.56 Å². The molecule has 2 rings (SSSR count). The molecule has 0 aromatic carbocycles. The second-order valence-electron chi connectivity index (χ2n) is 2.97. The van der Waals surface area contributed by atoms with E-state index >= 15 is 0 Å². The number of carbonyl (C=O) groups is 1. The molecule has 1 aliphatic heterocycles. The number of hydrogen-bond acceptors (Lipinski definition) is 4. The fraction of sp³-hybridized carbons (Fsp3) is 0.429. The summed E-state index contributed by atoms with van der Waals surface area (Å²) in [4.78, 5) is 11.0. The van der Waals surface area contributed by atoms with Gasteiger partial charge in [0.15, 0.2) is 5.82 Å². The zero-order chi connectivity index (χ0) is 9.42. The molecule has 6 heteroatoms. The molecule has 0 radical (unpaired) electrons. The molecule has 1 aliphatic rings. The van der Waals surface area contributed by atoms with Crippen LogP contribution in [0.15, 0.2) is 0 Å². The molecule has 0 saturated heterocycles. The van der Waals surface area contributed by atoms with Crippen molar-refractivity contribution in [1.82, 2.24) is 15.1 Å². The van der Waals surface area contributed by atoms with Crippen molar-refractivity contribution in [3.05, 3.63) is 11.3 Å². The van der Waals surface area contributed by atoms with E-state index in [1.807, 2.05) is 0 Å². The van der Waals surface area contributed by atoms with Crippen LogP contribution in [-0.4, -0.2) is 22.2 Å². The van der Waals surface area contributed by atoms with Gasteiger partial charge in [0.05, 0.1) is 12.2 Å². The average Bonchev–Trinajstić information content (AvgIpc) is 2.39. The molecule has 70 valence electrons. The fourth-order valence-corrected chi connectivity index (χ4v) is 1.54.